The number of nitro groups is 1. The smallest absolute Gasteiger partial charge is 0.292 e. The minimum absolute atomic E-state index is 0.0940. The summed E-state index contributed by atoms with van der Waals surface area (Å²) in [5.74, 6) is -0.287. The van der Waals surface area contributed by atoms with E-state index in [2.05, 4.69) is 10.6 Å². The normalized spacial score (nSPS) is 13.7. The van der Waals surface area contributed by atoms with E-state index in [-0.39, 0.29) is 17.3 Å². The summed E-state index contributed by atoms with van der Waals surface area (Å²) in [6.45, 7) is 4.96. The number of carbonyl (C=O) groups is 1. The quantitative estimate of drug-likeness (QED) is 0.493. The Hall–Kier alpha value is -2.21. The fourth-order valence-corrected chi connectivity index (χ4v) is 1.80. The van der Waals surface area contributed by atoms with E-state index in [1.165, 1.54) is 6.07 Å². The zero-order chi connectivity index (χ0) is 14.0. The van der Waals surface area contributed by atoms with Gasteiger partial charge in [0.15, 0.2) is 0 Å². The van der Waals surface area contributed by atoms with Crippen molar-refractivity contribution in [3.05, 3.63) is 45.0 Å². The summed E-state index contributed by atoms with van der Waals surface area (Å²) in [6, 6.07) is 4.65. The van der Waals surface area contributed by atoms with E-state index < -0.39 is 4.92 Å². The van der Waals surface area contributed by atoms with Crippen LogP contribution >= 0.6 is 0 Å². The van der Waals surface area contributed by atoms with Gasteiger partial charge >= 0.3 is 0 Å². The predicted molar refractivity (Wildman–Crippen MR) is 72.0 cm³/mol. The first-order chi connectivity index (χ1) is 8.99. The number of hydrogen-bond acceptors (Lipinski definition) is 4. The second-order valence-electron chi connectivity index (χ2n) is 4.56. The van der Waals surface area contributed by atoms with Crippen molar-refractivity contribution in [3.63, 3.8) is 0 Å². The van der Waals surface area contributed by atoms with Crippen molar-refractivity contribution in [1.82, 2.24) is 5.32 Å². The number of nitrogens with zero attached hydrogens (tertiary/aromatic N) is 1. The lowest BCUT2D eigenvalue weighted by Gasteiger charge is -2.21. The third-order valence-corrected chi connectivity index (χ3v) is 3.14. The first-order valence-corrected chi connectivity index (χ1v) is 5.95. The summed E-state index contributed by atoms with van der Waals surface area (Å²) in [7, 11) is 0. The molecular weight excluding hydrogens is 246 g/mol. The number of carbonyl (C=O) groups excluding carboxylic acids is 1. The molecule has 6 heteroatoms. The van der Waals surface area contributed by atoms with Crippen LogP contribution in [0.5, 0.6) is 0 Å². The Morgan fingerprint density at radius 2 is 2.11 bits per heavy atom. The number of hydrogen-bond donors (Lipinski definition) is 2. The maximum atomic E-state index is 12.0. The van der Waals surface area contributed by atoms with E-state index in [4.69, 9.17) is 0 Å². The van der Waals surface area contributed by atoms with E-state index in [1.807, 2.05) is 6.92 Å². The number of aryl methyl sites for hydroxylation is 1. The molecule has 1 saturated heterocycles. The van der Waals surface area contributed by atoms with Crippen LogP contribution < -0.4 is 10.6 Å². The Morgan fingerprint density at radius 1 is 1.42 bits per heavy atom. The topological polar surface area (TPSA) is 84.3 Å². The SMILES string of the molecule is CC(C(=O)Nc1cc(C)ccc1[N+](=O)[O-])=C1CNC1. The van der Waals surface area contributed by atoms with Crippen molar-refractivity contribution in [1.29, 1.82) is 0 Å². The molecule has 0 atom stereocenters. The van der Waals surface area contributed by atoms with Gasteiger partial charge in [-0.1, -0.05) is 6.07 Å². The number of amides is 1. The average Bonchev–Trinajstić information content (AvgIpc) is 2.26. The first kappa shape index (κ1) is 13.2. The summed E-state index contributed by atoms with van der Waals surface area (Å²) in [4.78, 5) is 22.4. The van der Waals surface area contributed by atoms with Crippen LogP contribution in [-0.2, 0) is 4.79 Å². The van der Waals surface area contributed by atoms with Crippen molar-refractivity contribution in [2.75, 3.05) is 18.4 Å². The number of nitrogens with one attached hydrogen (secondary N) is 2. The molecule has 0 spiro atoms. The van der Waals surface area contributed by atoms with Gasteiger partial charge in [-0.3, -0.25) is 14.9 Å². The summed E-state index contributed by atoms with van der Waals surface area (Å²) >= 11 is 0. The molecule has 2 rings (SSSR count). The predicted octanol–water partition coefficient (Wildman–Crippen LogP) is 1.76. The largest absolute Gasteiger partial charge is 0.317 e. The van der Waals surface area contributed by atoms with Crippen molar-refractivity contribution in [2.45, 2.75) is 13.8 Å². The molecule has 0 bridgehead atoms. The molecule has 0 unspecified atom stereocenters. The lowest BCUT2D eigenvalue weighted by atomic mass is 10.0. The second-order valence-corrected chi connectivity index (χ2v) is 4.56. The monoisotopic (exact) mass is 261 g/mol. The maximum absolute atomic E-state index is 12.0. The average molecular weight is 261 g/mol. The molecule has 1 heterocycles. The lowest BCUT2D eigenvalue weighted by molar-refractivity contribution is -0.383. The van der Waals surface area contributed by atoms with Crippen molar-refractivity contribution in [3.8, 4) is 0 Å². The number of nitro benzene ring substituents is 1. The molecule has 0 aliphatic carbocycles. The number of anilines is 1. The van der Waals surface area contributed by atoms with E-state index >= 15 is 0 Å². The van der Waals surface area contributed by atoms with Crippen LogP contribution in [0.15, 0.2) is 29.3 Å². The van der Waals surface area contributed by atoms with E-state index in [1.54, 1.807) is 19.1 Å². The summed E-state index contributed by atoms with van der Waals surface area (Å²) in [6.07, 6.45) is 0. The third kappa shape index (κ3) is 2.79. The standard InChI is InChI=1S/C13H15N3O3/c1-8-3-4-12(16(18)19)11(5-8)15-13(17)9(2)10-6-14-7-10/h3-5,14H,6-7H2,1-2H3,(H,15,17). The van der Waals surface area contributed by atoms with Gasteiger partial charge in [0.05, 0.1) is 4.92 Å². The summed E-state index contributed by atoms with van der Waals surface area (Å²) < 4.78 is 0. The molecular formula is C13H15N3O3. The van der Waals surface area contributed by atoms with Crippen LogP contribution in [0.2, 0.25) is 0 Å². The number of benzene rings is 1. The molecule has 0 radical (unpaired) electrons. The molecule has 1 aromatic carbocycles. The highest BCUT2D eigenvalue weighted by Gasteiger charge is 2.19. The zero-order valence-electron chi connectivity index (χ0n) is 10.8. The Kier molecular flexibility index (Phi) is 3.62. The second kappa shape index (κ2) is 5.19. The fourth-order valence-electron chi connectivity index (χ4n) is 1.80. The van der Waals surface area contributed by atoms with Crippen LogP contribution in [0.1, 0.15) is 12.5 Å². The van der Waals surface area contributed by atoms with Gasteiger partial charge in [-0.05, 0) is 31.1 Å². The minimum atomic E-state index is -0.498. The Morgan fingerprint density at radius 3 is 2.63 bits per heavy atom. The Balaban J connectivity index is 2.25. The van der Waals surface area contributed by atoms with Crippen LogP contribution in [0, 0.1) is 17.0 Å². The van der Waals surface area contributed by atoms with Gasteiger partial charge in [0.25, 0.3) is 11.6 Å². The van der Waals surface area contributed by atoms with Crippen LogP contribution in [0.25, 0.3) is 0 Å². The highest BCUT2D eigenvalue weighted by atomic mass is 16.6. The van der Waals surface area contributed by atoms with Crippen molar-refractivity contribution >= 4 is 17.3 Å². The molecule has 1 fully saturated rings. The van der Waals surface area contributed by atoms with E-state index in [9.17, 15) is 14.9 Å². The van der Waals surface area contributed by atoms with Gasteiger partial charge in [0.1, 0.15) is 5.69 Å². The molecule has 1 aliphatic heterocycles. The number of rotatable bonds is 3. The molecule has 19 heavy (non-hydrogen) atoms. The Bertz CT molecular complexity index is 572. The van der Waals surface area contributed by atoms with Gasteiger partial charge in [-0.15, -0.1) is 0 Å². The maximum Gasteiger partial charge on any atom is 0.292 e. The van der Waals surface area contributed by atoms with Gasteiger partial charge in [-0.2, -0.15) is 0 Å². The highest BCUT2D eigenvalue weighted by molar-refractivity contribution is 6.05. The van der Waals surface area contributed by atoms with Crippen LogP contribution in [0.4, 0.5) is 11.4 Å². The van der Waals surface area contributed by atoms with Gasteiger partial charge < -0.3 is 10.6 Å². The van der Waals surface area contributed by atoms with Crippen LogP contribution in [-0.4, -0.2) is 23.9 Å². The van der Waals surface area contributed by atoms with Crippen molar-refractivity contribution in [2.24, 2.45) is 0 Å². The lowest BCUT2D eigenvalue weighted by Crippen LogP contribution is -2.36. The highest BCUT2D eigenvalue weighted by Crippen LogP contribution is 2.26. The van der Waals surface area contributed by atoms with Gasteiger partial charge in [-0.25, -0.2) is 0 Å². The molecule has 1 aliphatic rings. The van der Waals surface area contributed by atoms with Gasteiger partial charge in [0.2, 0.25) is 0 Å². The fraction of sp³-hybridized carbons (Fsp3) is 0.308. The van der Waals surface area contributed by atoms with Gasteiger partial charge in [0, 0.05) is 24.7 Å². The third-order valence-electron chi connectivity index (χ3n) is 3.14. The zero-order valence-corrected chi connectivity index (χ0v) is 10.8. The Labute approximate surface area is 110 Å². The molecule has 0 aromatic heterocycles. The summed E-state index contributed by atoms with van der Waals surface area (Å²) in [5, 5.41) is 16.6. The molecule has 0 saturated carbocycles. The van der Waals surface area contributed by atoms with Crippen molar-refractivity contribution < 1.29 is 9.72 Å². The van der Waals surface area contributed by atoms with E-state index in [0.717, 1.165) is 11.1 Å². The first-order valence-electron chi connectivity index (χ1n) is 5.95. The molecule has 1 aromatic rings. The summed E-state index contributed by atoms with van der Waals surface area (Å²) in [5.41, 5.74) is 2.66. The van der Waals surface area contributed by atoms with Crippen LogP contribution in [0.3, 0.4) is 0 Å². The molecule has 6 nitrogen and oxygen atoms in total. The van der Waals surface area contributed by atoms with E-state index in [0.29, 0.717) is 18.7 Å². The molecule has 1 amide bonds. The minimum Gasteiger partial charge on any atom is -0.317 e. The molecule has 2 N–H and O–H groups in total. The molecule has 100 valence electrons.